The van der Waals surface area contributed by atoms with Crippen LogP contribution >= 0.6 is 0 Å². The first kappa shape index (κ1) is 10.0. The monoisotopic (exact) mass is 142 g/mol. The molecule has 0 aromatic carbocycles. The van der Waals surface area contributed by atoms with E-state index in [1.54, 1.807) is 0 Å². The maximum atomic E-state index is 2.35. The topological polar surface area (TPSA) is 0 Å². The SMILES string of the molecule is CC.CC(C)CC1CC1C. The van der Waals surface area contributed by atoms with Crippen molar-refractivity contribution in [3.05, 3.63) is 0 Å². The summed E-state index contributed by atoms with van der Waals surface area (Å²) in [7, 11) is 0. The lowest BCUT2D eigenvalue weighted by molar-refractivity contribution is 0.520. The molecule has 1 saturated carbocycles. The summed E-state index contributed by atoms with van der Waals surface area (Å²) in [6.07, 6.45) is 2.96. The quantitative estimate of drug-likeness (QED) is 0.551. The van der Waals surface area contributed by atoms with E-state index in [2.05, 4.69) is 20.8 Å². The molecule has 0 spiro atoms. The molecular formula is C10H22. The third-order valence-electron chi connectivity index (χ3n) is 2.05. The lowest BCUT2D eigenvalue weighted by Gasteiger charge is -1.99. The van der Waals surface area contributed by atoms with Crippen LogP contribution in [0.25, 0.3) is 0 Å². The third-order valence-corrected chi connectivity index (χ3v) is 2.05. The van der Waals surface area contributed by atoms with Gasteiger partial charge in [-0.15, -0.1) is 0 Å². The summed E-state index contributed by atoms with van der Waals surface area (Å²) >= 11 is 0. The van der Waals surface area contributed by atoms with Crippen molar-refractivity contribution >= 4 is 0 Å². The molecule has 0 saturated heterocycles. The molecule has 2 unspecified atom stereocenters. The van der Waals surface area contributed by atoms with Crippen molar-refractivity contribution in [2.45, 2.75) is 47.5 Å². The molecule has 0 radical (unpaired) electrons. The predicted molar refractivity (Wildman–Crippen MR) is 48.1 cm³/mol. The van der Waals surface area contributed by atoms with Gasteiger partial charge in [-0.1, -0.05) is 34.6 Å². The van der Waals surface area contributed by atoms with Crippen molar-refractivity contribution in [1.29, 1.82) is 0 Å². The molecule has 0 nitrogen and oxygen atoms in total. The zero-order chi connectivity index (χ0) is 8.15. The summed E-state index contributed by atoms with van der Waals surface area (Å²) in [5.41, 5.74) is 0. The molecule has 1 fully saturated rings. The van der Waals surface area contributed by atoms with E-state index in [0.29, 0.717) is 0 Å². The summed E-state index contributed by atoms with van der Waals surface area (Å²) < 4.78 is 0. The number of rotatable bonds is 2. The first-order chi connectivity index (χ1) is 4.70. The Morgan fingerprint density at radius 1 is 1.30 bits per heavy atom. The normalized spacial score (nSPS) is 29.4. The lowest BCUT2D eigenvalue weighted by Crippen LogP contribution is -1.88. The predicted octanol–water partition coefficient (Wildman–Crippen LogP) is 3.71. The highest BCUT2D eigenvalue weighted by Crippen LogP contribution is 2.42. The van der Waals surface area contributed by atoms with Gasteiger partial charge in [0.05, 0.1) is 0 Å². The van der Waals surface area contributed by atoms with Gasteiger partial charge in [0.2, 0.25) is 0 Å². The largest absolute Gasteiger partial charge is 0.0683 e. The van der Waals surface area contributed by atoms with Gasteiger partial charge in [-0.05, 0) is 30.6 Å². The average molecular weight is 142 g/mol. The molecule has 1 rings (SSSR count). The van der Waals surface area contributed by atoms with E-state index < -0.39 is 0 Å². The molecule has 1 aliphatic carbocycles. The molecule has 0 N–H and O–H groups in total. The van der Waals surface area contributed by atoms with Gasteiger partial charge < -0.3 is 0 Å². The first-order valence-corrected chi connectivity index (χ1v) is 4.70. The van der Waals surface area contributed by atoms with Crippen LogP contribution in [0.1, 0.15) is 47.5 Å². The molecule has 0 heteroatoms. The van der Waals surface area contributed by atoms with E-state index in [1.807, 2.05) is 13.8 Å². The minimum absolute atomic E-state index is 0.921. The van der Waals surface area contributed by atoms with Crippen LogP contribution in [0, 0.1) is 17.8 Å². The van der Waals surface area contributed by atoms with Gasteiger partial charge >= 0.3 is 0 Å². The minimum Gasteiger partial charge on any atom is -0.0683 e. The Hall–Kier alpha value is 0. The second kappa shape index (κ2) is 4.76. The van der Waals surface area contributed by atoms with E-state index in [1.165, 1.54) is 12.8 Å². The Morgan fingerprint density at radius 2 is 1.70 bits per heavy atom. The highest BCUT2D eigenvalue weighted by atomic mass is 14.4. The standard InChI is InChI=1S/C8H16.C2H6/c1-6(2)4-8-5-7(8)3;1-2/h6-8H,4-5H2,1-3H3;1-2H3. The minimum atomic E-state index is 0.921. The zero-order valence-electron chi connectivity index (χ0n) is 8.15. The lowest BCUT2D eigenvalue weighted by atomic mass is 10.1. The third kappa shape index (κ3) is 3.92. The molecule has 1 aliphatic rings. The molecular weight excluding hydrogens is 120 g/mol. The van der Waals surface area contributed by atoms with Crippen LogP contribution in [-0.4, -0.2) is 0 Å². The Bertz CT molecular complexity index is 74.1. The molecule has 0 aromatic rings. The molecule has 0 aliphatic heterocycles. The highest BCUT2D eigenvalue weighted by molar-refractivity contribution is 4.82. The fourth-order valence-corrected chi connectivity index (χ4v) is 1.33. The van der Waals surface area contributed by atoms with Gasteiger partial charge in [0, 0.05) is 0 Å². The van der Waals surface area contributed by atoms with Gasteiger partial charge in [-0.25, -0.2) is 0 Å². The van der Waals surface area contributed by atoms with Crippen LogP contribution in [0.3, 0.4) is 0 Å². The van der Waals surface area contributed by atoms with Gasteiger partial charge in [-0.3, -0.25) is 0 Å². The van der Waals surface area contributed by atoms with Crippen LogP contribution in [-0.2, 0) is 0 Å². The van der Waals surface area contributed by atoms with E-state index in [0.717, 1.165) is 17.8 Å². The van der Waals surface area contributed by atoms with Gasteiger partial charge in [0.1, 0.15) is 0 Å². The van der Waals surface area contributed by atoms with Crippen molar-refractivity contribution < 1.29 is 0 Å². The second-order valence-corrected chi connectivity index (χ2v) is 3.60. The van der Waals surface area contributed by atoms with Crippen molar-refractivity contribution in [1.82, 2.24) is 0 Å². The van der Waals surface area contributed by atoms with Crippen molar-refractivity contribution in [2.75, 3.05) is 0 Å². The van der Waals surface area contributed by atoms with Crippen LogP contribution in [0.4, 0.5) is 0 Å². The van der Waals surface area contributed by atoms with E-state index >= 15 is 0 Å². The van der Waals surface area contributed by atoms with Gasteiger partial charge in [-0.2, -0.15) is 0 Å². The van der Waals surface area contributed by atoms with Crippen LogP contribution in [0.5, 0.6) is 0 Å². The molecule has 10 heavy (non-hydrogen) atoms. The van der Waals surface area contributed by atoms with Gasteiger partial charge in [0.15, 0.2) is 0 Å². The molecule has 0 heterocycles. The van der Waals surface area contributed by atoms with Crippen molar-refractivity contribution in [3.63, 3.8) is 0 Å². The summed E-state index contributed by atoms with van der Waals surface area (Å²) in [5, 5.41) is 0. The van der Waals surface area contributed by atoms with Crippen molar-refractivity contribution in [3.8, 4) is 0 Å². The Labute approximate surface area is 66.0 Å². The van der Waals surface area contributed by atoms with Crippen molar-refractivity contribution in [2.24, 2.45) is 17.8 Å². The molecule has 0 aromatic heterocycles. The van der Waals surface area contributed by atoms with Crippen LogP contribution < -0.4 is 0 Å². The summed E-state index contributed by atoms with van der Waals surface area (Å²) in [4.78, 5) is 0. The Balaban J connectivity index is 0.000000371. The van der Waals surface area contributed by atoms with E-state index in [4.69, 9.17) is 0 Å². The second-order valence-electron chi connectivity index (χ2n) is 3.60. The highest BCUT2D eigenvalue weighted by Gasteiger charge is 2.32. The first-order valence-electron chi connectivity index (χ1n) is 4.70. The van der Waals surface area contributed by atoms with Crippen LogP contribution in [0.2, 0.25) is 0 Å². The smallest absolute Gasteiger partial charge is 0.0383 e. The number of hydrogen-bond acceptors (Lipinski definition) is 0. The average Bonchev–Trinajstić information content (AvgIpc) is 2.51. The Morgan fingerprint density at radius 3 is 1.80 bits per heavy atom. The maximum Gasteiger partial charge on any atom is -0.0383 e. The fourth-order valence-electron chi connectivity index (χ4n) is 1.33. The molecule has 0 bridgehead atoms. The fraction of sp³-hybridized carbons (Fsp3) is 1.00. The molecule has 62 valence electrons. The van der Waals surface area contributed by atoms with E-state index in [9.17, 15) is 0 Å². The molecule has 2 atom stereocenters. The van der Waals surface area contributed by atoms with E-state index in [-0.39, 0.29) is 0 Å². The van der Waals surface area contributed by atoms with Gasteiger partial charge in [0.25, 0.3) is 0 Å². The zero-order valence-corrected chi connectivity index (χ0v) is 8.15. The van der Waals surface area contributed by atoms with Crippen LogP contribution in [0.15, 0.2) is 0 Å². The molecule has 0 amide bonds. The summed E-state index contributed by atoms with van der Waals surface area (Å²) in [6.45, 7) is 11.0. The number of hydrogen-bond donors (Lipinski definition) is 0. The Kier molecular flexibility index (Phi) is 4.76. The summed E-state index contributed by atoms with van der Waals surface area (Å²) in [5.74, 6) is 3.07. The maximum absolute atomic E-state index is 2.35. The summed E-state index contributed by atoms with van der Waals surface area (Å²) in [6, 6.07) is 0.